The van der Waals surface area contributed by atoms with Gasteiger partial charge in [-0.15, -0.1) is 0 Å². The Hall–Kier alpha value is -3.35. The molecule has 148 valence electrons. The van der Waals surface area contributed by atoms with Gasteiger partial charge in [-0.25, -0.2) is 9.07 Å². The smallest absolute Gasteiger partial charge is 0.231 e. The zero-order chi connectivity index (χ0) is 19.8. The predicted octanol–water partition coefficient (Wildman–Crippen LogP) is 3.48. The van der Waals surface area contributed by atoms with E-state index in [-0.39, 0.29) is 31.0 Å². The molecule has 7 heteroatoms. The van der Waals surface area contributed by atoms with Crippen LogP contribution >= 0.6 is 0 Å². The van der Waals surface area contributed by atoms with E-state index in [4.69, 9.17) is 9.47 Å². The van der Waals surface area contributed by atoms with Gasteiger partial charge in [-0.05, 0) is 49.1 Å². The van der Waals surface area contributed by atoms with Crippen LogP contribution < -0.4 is 14.8 Å². The average Bonchev–Trinajstić information content (AvgIpc) is 3.35. The highest BCUT2D eigenvalue weighted by molar-refractivity contribution is 5.79. The Morgan fingerprint density at radius 3 is 2.97 bits per heavy atom. The largest absolute Gasteiger partial charge is 0.454 e. The molecule has 0 saturated carbocycles. The Balaban J connectivity index is 1.33. The van der Waals surface area contributed by atoms with E-state index in [1.54, 1.807) is 29.1 Å². The predicted molar refractivity (Wildman–Crippen MR) is 104 cm³/mol. The van der Waals surface area contributed by atoms with Crippen LogP contribution in [-0.4, -0.2) is 22.5 Å². The third kappa shape index (κ3) is 3.33. The number of ether oxygens (including phenoxy) is 2. The molecule has 1 N–H and O–H groups in total. The molecule has 1 atom stereocenters. The van der Waals surface area contributed by atoms with E-state index in [1.165, 1.54) is 6.07 Å². The van der Waals surface area contributed by atoms with Crippen molar-refractivity contribution in [1.29, 1.82) is 0 Å². The van der Waals surface area contributed by atoms with E-state index in [1.807, 2.05) is 18.2 Å². The number of fused-ring (bicyclic) bond motifs is 2. The third-order valence-corrected chi connectivity index (χ3v) is 5.40. The quantitative estimate of drug-likeness (QED) is 0.737. The zero-order valence-electron chi connectivity index (χ0n) is 15.7. The summed E-state index contributed by atoms with van der Waals surface area (Å²) in [6, 6.07) is 12.0. The van der Waals surface area contributed by atoms with E-state index in [0.717, 1.165) is 36.1 Å². The number of carbonyl (C=O) groups is 1. The van der Waals surface area contributed by atoms with Gasteiger partial charge in [0.2, 0.25) is 12.7 Å². The summed E-state index contributed by atoms with van der Waals surface area (Å²) < 4.78 is 26.6. The van der Waals surface area contributed by atoms with Gasteiger partial charge in [0.25, 0.3) is 0 Å². The van der Waals surface area contributed by atoms with E-state index in [2.05, 4.69) is 10.4 Å². The molecule has 5 rings (SSSR count). The molecule has 2 heterocycles. The van der Waals surface area contributed by atoms with Gasteiger partial charge in [-0.2, -0.15) is 5.10 Å². The number of halogens is 1. The first-order chi connectivity index (χ1) is 14.2. The molecule has 1 amide bonds. The standard InChI is InChI=1S/C22H20FN3O3/c23-16-4-1-2-6-19(16)26-18-7-3-5-17(15(18)12-24-26)25-22(27)11-14-8-9-20-21(10-14)29-13-28-20/h1-2,4,6,8-10,12,17H,3,5,7,11,13H2,(H,25,27)/t17-/m0/s1. The number of nitrogens with zero attached hydrogens (tertiary/aromatic N) is 2. The molecule has 6 nitrogen and oxygen atoms in total. The van der Waals surface area contributed by atoms with Crippen molar-refractivity contribution < 1.29 is 18.7 Å². The summed E-state index contributed by atoms with van der Waals surface area (Å²) in [6.07, 6.45) is 4.54. The number of hydrogen-bond donors (Lipinski definition) is 1. The fourth-order valence-corrected chi connectivity index (χ4v) is 4.02. The lowest BCUT2D eigenvalue weighted by Gasteiger charge is -2.24. The number of aromatic nitrogens is 2. The van der Waals surface area contributed by atoms with E-state index in [0.29, 0.717) is 17.2 Å². The molecule has 0 bridgehead atoms. The van der Waals surface area contributed by atoms with Gasteiger partial charge in [0.15, 0.2) is 11.5 Å². The molecule has 0 spiro atoms. The lowest BCUT2D eigenvalue weighted by molar-refractivity contribution is -0.121. The van der Waals surface area contributed by atoms with E-state index < -0.39 is 0 Å². The molecular weight excluding hydrogens is 373 g/mol. The van der Waals surface area contributed by atoms with Gasteiger partial charge in [0.1, 0.15) is 11.5 Å². The topological polar surface area (TPSA) is 65.4 Å². The van der Waals surface area contributed by atoms with Crippen molar-refractivity contribution in [2.45, 2.75) is 31.7 Å². The molecule has 2 aliphatic rings. The molecule has 2 aromatic carbocycles. The van der Waals surface area contributed by atoms with Crippen LogP contribution in [0.4, 0.5) is 4.39 Å². The van der Waals surface area contributed by atoms with E-state index in [9.17, 15) is 9.18 Å². The average molecular weight is 393 g/mol. The Morgan fingerprint density at radius 2 is 2.07 bits per heavy atom. The fraction of sp³-hybridized carbons (Fsp3) is 0.273. The summed E-state index contributed by atoms with van der Waals surface area (Å²) in [5.41, 5.74) is 3.21. The summed E-state index contributed by atoms with van der Waals surface area (Å²) >= 11 is 0. The van der Waals surface area contributed by atoms with Crippen molar-refractivity contribution in [3.8, 4) is 17.2 Å². The summed E-state index contributed by atoms with van der Waals surface area (Å²) in [6.45, 7) is 0.210. The van der Waals surface area contributed by atoms with Crippen LogP contribution in [0.15, 0.2) is 48.7 Å². The SMILES string of the molecule is O=C(Cc1ccc2c(c1)OCO2)N[C@H]1CCCc2c1cnn2-c1ccccc1F. The number of carbonyl (C=O) groups excluding carboxylic acids is 1. The van der Waals surface area contributed by atoms with Crippen LogP contribution in [0.2, 0.25) is 0 Å². The maximum absolute atomic E-state index is 14.2. The van der Waals surface area contributed by atoms with Crippen molar-refractivity contribution in [1.82, 2.24) is 15.1 Å². The van der Waals surface area contributed by atoms with Gasteiger partial charge in [0, 0.05) is 11.3 Å². The first kappa shape index (κ1) is 17.7. The number of amides is 1. The Morgan fingerprint density at radius 1 is 1.21 bits per heavy atom. The van der Waals surface area contributed by atoms with Crippen LogP contribution in [0.25, 0.3) is 5.69 Å². The first-order valence-corrected chi connectivity index (χ1v) is 9.68. The van der Waals surface area contributed by atoms with Crippen molar-refractivity contribution in [2.24, 2.45) is 0 Å². The lowest BCUT2D eigenvalue weighted by atomic mass is 9.92. The van der Waals surface area contributed by atoms with Gasteiger partial charge in [0.05, 0.1) is 18.7 Å². The van der Waals surface area contributed by atoms with Crippen molar-refractivity contribution in [3.63, 3.8) is 0 Å². The van der Waals surface area contributed by atoms with E-state index >= 15 is 0 Å². The maximum Gasteiger partial charge on any atom is 0.231 e. The highest BCUT2D eigenvalue weighted by Gasteiger charge is 2.27. The highest BCUT2D eigenvalue weighted by Crippen LogP contribution is 2.33. The van der Waals surface area contributed by atoms with Crippen LogP contribution in [-0.2, 0) is 17.6 Å². The van der Waals surface area contributed by atoms with Gasteiger partial charge < -0.3 is 14.8 Å². The number of para-hydroxylation sites is 1. The number of benzene rings is 2. The molecule has 0 fully saturated rings. The number of rotatable bonds is 4. The second-order valence-electron chi connectivity index (χ2n) is 7.29. The van der Waals surface area contributed by atoms with Crippen LogP contribution in [0, 0.1) is 5.82 Å². The van der Waals surface area contributed by atoms with Crippen LogP contribution in [0.1, 0.15) is 35.7 Å². The summed E-state index contributed by atoms with van der Waals surface area (Å²) in [7, 11) is 0. The van der Waals surface area contributed by atoms with Crippen molar-refractivity contribution in [3.05, 3.63) is 71.3 Å². The van der Waals surface area contributed by atoms with Gasteiger partial charge >= 0.3 is 0 Å². The highest BCUT2D eigenvalue weighted by atomic mass is 19.1. The molecule has 0 saturated heterocycles. The van der Waals surface area contributed by atoms with Gasteiger partial charge in [-0.3, -0.25) is 4.79 Å². The Bertz CT molecular complexity index is 1080. The molecule has 3 aromatic rings. The second kappa shape index (κ2) is 7.24. The van der Waals surface area contributed by atoms with Crippen LogP contribution in [0.3, 0.4) is 0 Å². The minimum absolute atomic E-state index is 0.0691. The molecule has 0 radical (unpaired) electrons. The molecular formula is C22H20FN3O3. The van der Waals surface area contributed by atoms with Gasteiger partial charge in [-0.1, -0.05) is 18.2 Å². The third-order valence-electron chi connectivity index (χ3n) is 5.40. The normalized spacial score (nSPS) is 17.1. The first-order valence-electron chi connectivity index (χ1n) is 9.68. The second-order valence-corrected chi connectivity index (χ2v) is 7.29. The molecule has 29 heavy (non-hydrogen) atoms. The Kier molecular flexibility index (Phi) is 4.42. The molecule has 1 aliphatic carbocycles. The lowest BCUT2D eigenvalue weighted by Crippen LogP contribution is -2.32. The summed E-state index contributed by atoms with van der Waals surface area (Å²) in [4.78, 5) is 12.7. The van der Waals surface area contributed by atoms with Crippen LogP contribution in [0.5, 0.6) is 11.5 Å². The Labute approximate surface area is 167 Å². The summed E-state index contributed by atoms with van der Waals surface area (Å²) in [5.74, 6) is 0.987. The minimum atomic E-state index is -0.313. The summed E-state index contributed by atoms with van der Waals surface area (Å²) in [5, 5.41) is 7.52. The zero-order valence-corrected chi connectivity index (χ0v) is 15.7. The maximum atomic E-state index is 14.2. The monoisotopic (exact) mass is 393 g/mol. The fourth-order valence-electron chi connectivity index (χ4n) is 4.02. The minimum Gasteiger partial charge on any atom is -0.454 e. The molecule has 0 unspecified atom stereocenters. The number of hydrogen-bond acceptors (Lipinski definition) is 4. The molecule has 1 aliphatic heterocycles. The molecule has 1 aromatic heterocycles. The van der Waals surface area contributed by atoms with Crippen molar-refractivity contribution in [2.75, 3.05) is 6.79 Å². The van der Waals surface area contributed by atoms with Crippen molar-refractivity contribution >= 4 is 5.91 Å². The number of nitrogens with one attached hydrogen (secondary N) is 1.